The van der Waals surface area contributed by atoms with Crippen LogP contribution in [0.5, 0.6) is 0 Å². The summed E-state index contributed by atoms with van der Waals surface area (Å²) in [5.41, 5.74) is 3.30. The molecule has 0 bridgehead atoms. The lowest BCUT2D eigenvalue weighted by Gasteiger charge is -2.27. The van der Waals surface area contributed by atoms with Crippen LogP contribution < -0.4 is 10.6 Å². The first-order valence-electron chi connectivity index (χ1n) is 7.04. The molecule has 0 aromatic heterocycles. The Morgan fingerprint density at radius 2 is 1.95 bits per heavy atom. The first-order valence-corrected chi connectivity index (χ1v) is 7.04. The molecule has 0 radical (unpaired) electrons. The summed E-state index contributed by atoms with van der Waals surface area (Å²) < 4.78 is 0. The second-order valence-electron chi connectivity index (χ2n) is 5.11. The normalized spacial score (nSPS) is 17.0. The predicted octanol–water partition coefficient (Wildman–Crippen LogP) is 2.89. The van der Waals surface area contributed by atoms with Crippen molar-refractivity contribution in [2.75, 3.05) is 18.4 Å². The van der Waals surface area contributed by atoms with Crippen molar-refractivity contribution >= 4 is 11.4 Å². The zero-order valence-corrected chi connectivity index (χ0v) is 11.6. The lowest BCUT2D eigenvalue weighted by atomic mass is 9.94. The van der Waals surface area contributed by atoms with E-state index in [0.29, 0.717) is 12.2 Å². The van der Waals surface area contributed by atoms with E-state index >= 15 is 0 Å². The molecule has 1 unspecified atom stereocenters. The molecular formula is C16H17N3O2. The van der Waals surface area contributed by atoms with Gasteiger partial charge in [-0.25, -0.2) is 0 Å². The van der Waals surface area contributed by atoms with Crippen LogP contribution in [0.15, 0.2) is 48.5 Å². The molecule has 0 saturated carbocycles. The Labute approximate surface area is 123 Å². The molecule has 1 heterocycles. The molecule has 0 spiro atoms. The van der Waals surface area contributed by atoms with Gasteiger partial charge in [0.15, 0.2) is 0 Å². The Hall–Kier alpha value is -2.40. The lowest BCUT2D eigenvalue weighted by Crippen LogP contribution is -2.34. The summed E-state index contributed by atoms with van der Waals surface area (Å²) in [6.45, 7) is 1.56. The average Bonchev–Trinajstić information content (AvgIpc) is 2.53. The zero-order valence-electron chi connectivity index (χ0n) is 11.6. The van der Waals surface area contributed by atoms with E-state index in [9.17, 15) is 10.1 Å². The van der Waals surface area contributed by atoms with E-state index in [2.05, 4.69) is 28.8 Å². The van der Waals surface area contributed by atoms with Crippen LogP contribution >= 0.6 is 0 Å². The molecule has 1 aliphatic heterocycles. The maximum Gasteiger partial charge on any atom is 0.292 e. The highest BCUT2D eigenvalue weighted by Crippen LogP contribution is 2.26. The molecule has 2 aromatic carbocycles. The largest absolute Gasteiger partial charge is 0.378 e. The zero-order chi connectivity index (χ0) is 14.7. The third-order valence-corrected chi connectivity index (χ3v) is 3.81. The van der Waals surface area contributed by atoms with Gasteiger partial charge in [0, 0.05) is 18.7 Å². The van der Waals surface area contributed by atoms with E-state index < -0.39 is 0 Å². The van der Waals surface area contributed by atoms with Crippen molar-refractivity contribution in [1.29, 1.82) is 0 Å². The second kappa shape index (κ2) is 5.93. The van der Waals surface area contributed by atoms with E-state index in [-0.39, 0.29) is 16.7 Å². The van der Waals surface area contributed by atoms with Crippen molar-refractivity contribution in [3.63, 3.8) is 0 Å². The predicted molar refractivity (Wildman–Crippen MR) is 82.5 cm³/mol. The minimum absolute atomic E-state index is 0.113. The Morgan fingerprint density at radius 1 is 1.19 bits per heavy atom. The maximum absolute atomic E-state index is 11.0. The van der Waals surface area contributed by atoms with Crippen molar-refractivity contribution in [3.8, 4) is 0 Å². The number of fused-ring (bicyclic) bond motifs is 1. The Bertz CT molecular complexity index is 657. The van der Waals surface area contributed by atoms with Crippen molar-refractivity contribution in [1.82, 2.24) is 5.32 Å². The second-order valence-corrected chi connectivity index (χ2v) is 5.11. The monoisotopic (exact) mass is 283 g/mol. The smallest absolute Gasteiger partial charge is 0.292 e. The number of nitrogens with one attached hydrogen (secondary N) is 2. The minimum Gasteiger partial charge on any atom is -0.378 e. The van der Waals surface area contributed by atoms with E-state index in [4.69, 9.17) is 0 Å². The molecule has 0 aliphatic carbocycles. The summed E-state index contributed by atoms with van der Waals surface area (Å²) in [6.07, 6.45) is 1.03. The summed E-state index contributed by atoms with van der Waals surface area (Å²) >= 11 is 0. The van der Waals surface area contributed by atoms with Gasteiger partial charge >= 0.3 is 0 Å². The Balaban J connectivity index is 1.76. The van der Waals surface area contributed by atoms with Gasteiger partial charge in [0.1, 0.15) is 5.69 Å². The number of hydrogen-bond donors (Lipinski definition) is 2. The lowest BCUT2D eigenvalue weighted by molar-refractivity contribution is -0.384. The fourth-order valence-electron chi connectivity index (χ4n) is 2.77. The number of para-hydroxylation sites is 2. The number of nitrogens with zero attached hydrogens (tertiary/aromatic N) is 1. The van der Waals surface area contributed by atoms with Crippen molar-refractivity contribution in [3.05, 3.63) is 69.8 Å². The average molecular weight is 283 g/mol. The van der Waals surface area contributed by atoms with Crippen molar-refractivity contribution in [2.24, 2.45) is 0 Å². The molecule has 2 aromatic rings. The highest BCUT2D eigenvalue weighted by Gasteiger charge is 2.20. The van der Waals surface area contributed by atoms with Gasteiger partial charge in [0.25, 0.3) is 5.69 Å². The van der Waals surface area contributed by atoms with Gasteiger partial charge in [-0.3, -0.25) is 10.1 Å². The molecule has 0 saturated heterocycles. The van der Waals surface area contributed by atoms with Crippen LogP contribution in [0.2, 0.25) is 0 Å². The van der Waals surface area contributed by atoms with Crippen LogP contribution in [0.1, 0.15) is 17.2 Å². The fraction of sp³-hybridized carbons (Fsp3) is 0.250. The van der Waals surface area contributed by atoms with E-state index in [0.717, 1.165) is 13.0 Å². The highest BCUT2D eigenvalue weighted by atomic mass is 16.6. The molecular weight excluding hydrogens is 266 g/mol. The number of nitro groups is 1. The first-order chi connectivity index (χ1) is 10.3. The van der Waals surface area contributed by atoms with Crippen LogP contribution in [0.25, 0.3) is 0 Å². The standard InChI is InChI=1S/C16H17N3O2/c20-19(21)16-8-4-3-7-14(16)18-11-15-13-6-2-1-5-12(13)9-10-17-15/h1-8,15,17-18H,9-11H2. The Morgan fingerprint density at radius 3 is 2.81 bits per heavy atom. The van der Waals surface area contributed by atoms with Crippen molar-refractivity contribution in [2.45, 2.75) is 12.5 Å². The van der Waals surface area contributed by atoms with Gasteiger partial charge in [0.05, 0.1) is 4.92 Å². The van der Waals surface area contributed by atoms with E-state index in [1.165, 1.54) is 17.2 Å². The molecule has 5 nitrogen and oxygen atoms in total. The Kier molecular flexibility index (Phi) is 3.83. The van der Waals surface area contributed by atoms with Crippen LogP contribution in [0.4, 0.5) is 11.4 Å². The quantitative estimate of drug-likeness (QED) is 0.669. The van der Waals surface area contributed by atoms with Gasteiger partial charge in [-0.05, 0) is 30.2 Å². The van der Waals surface area contributed by atoms with Crippen molar-refractivity contribution < 1.29 is 4.92 Å². The van der Waals surface area contributed by atoms with Crippen LogP contribution in [-0.4, -0.2) is 18.0 Å². The molecule has 108 valence electrons. The first kappa shape index (κ1) is 13.6. The van der Waals surface area contributed by atoms with Gasteiger partial charge in [-0.15, -0.1) is 0 Å². The molecule has 0 fully saturated rings. The number of benzene rings is 2. The number of anilines is 1. The van der Waals surface area contributed by atoms with Crippen LogP contribution in [0, 0.1) is 10.1 Å². The molecule has 1 atom stereocenters. The minimum atomic E-state index is -0.357. The number of rotatable bonds is 4. The van der Waals surface area contributed by atoms with Gasteiger partial charge in [0.2, 0.25) is 0 Å². The molecule has 3 rings (SSSR count). The van der Waals surface area contributed by atoms with Gasteiger partial charge in [-0.1, -0.05) is 36.4 Å². The van der Waals surface area contributed by atoms with Gasteiger partial charge in [-0.2, -0.15) is 0 Å². The van der Waals surface area contributed by atoms with E-state index in [1.807, 2.05) is 6.07 Å². The summed E-state index contributed by atoms with van der Waals surface area (Å²) in [5, 5.41) is 17.7. The van der Waals surface area contributed by atoms with E-state index in [1.54, 1.807) is 18.2 Å². The number of nitro benzene ring substituents is 1. The summed E-state index contributed by atoms with van der Waals surface area (Å²) in [6, 6.07) is 15.3. The maximum atomic E-state index is 11.0. The molecule has 21 heavy (non-hydrogen) atoms. The van der Waals surface area contributed by atoms with Crippen LogP contribution in [0.3, 0.4) is 0 Å². The SMILES string of the molecule is O=[N+]([O-])c1ccccc1NCC1NCCc2ccccc21. The number of hydrogen-bond acceptors (Lipinski definition) is 4. The van der Waals surface area contributed by atoms with Crippen LogP contribution in [-0.2, 0) is 6.42 Å². The molecule has 0 amide bonds. The highest BCUT2D eigenvalue weighted by molar-refractivity contribution is 5.61. The third kappa shape index (κ3) is 2.87. The summed E-state index contributed by atoms with van der Waals surface area (Å²) in [5.74, 6) is 0. The van der Waals surface area contributed by atoms with Gasteiger partial charge < -0.3 is 10.6 Å². The summed E-state index contributed by atoms with van der Waals surface area (Å²) in [4.78, 5) is 10.7. The molecule has 5 heteroatoms. The fourth-order valence-corrected chi connectivity index (χ4v) is 2.77. The topological polar surface area (TPSA) is 67.2 Å². The molecule has 1 aliphatic rings. The molecule has 2 N–H and O–H groups in total. The third-order valence-electron chi connectivity index (χ3n) is 3.81. The summed E-state index contributed by atoms with van der Waals surface area (Å²) in [7, 11) is 0.